The van der Waals surface area contributed by atoms with Gasteiger partial charge < -0.3 is 10.1 Å². The molecular formula is C16H21N3OS. The van der Waals surface area contributed by atoms with E-state index in [-0.39, 0.29) is 0 Å². The third kappa shape index (κ3) is 3.41. The molecule has 1 fully saturated rings. The molecule has 4 nitrogen and oxygen atoms in total. The van der Waals surface area contributed by atoms with Crippen LogP contribution in [-0.2, 0) is 13.6 Å². The van der Waals surface area contributed by atoms with E-state index < -0.39 is 0 Å². The van der Waals surface area contributed by atoms with Crippen molar-refractivity contribution in [1.29, 1.82) is 0 Å². The topological polar surface area (TPSA) is 39.1 Å². The SMILES string of the molecule is COc1cccc(Sc2c(CNC3CC3)c(C)nn2C)c1. The van der Waals surface area contributed by atoms with Crippen molar-refractivity contribution in [3.05, 3.63) is 35.5 Å². The summed E-state index contributed by atoms with van der Waals surface area (Å²) in [4.78, 5) is 1.17. The Labute approximate surface area is 129 Å². The smallest absolute Gasteiger partial charge is 0.119 e. The number of rotatable bonds is 6. The summed E-state index contributed by atoms with van der Waals surface area (Å²) in [5.74, 6) is 0.886. The number of nitrogens with zero attached hydrogens (tertiary/aromatic N) is 2. The van der Waals surface area contributed by atoms with E-state index in [1.165, 1.54) is 28.3 Å². The summed E-state index contributed by atoms with van der Waals surface area (Å²) in [6, 6.07) is 8.86. The van der Waals surface area contributed by atoms with Crippen LogP contribution in [0.5, 0.6) is 5.75 Å². The second-order valence-electron chi connectivity index (χ2n) is 5.43. The van der Waals surface area contributed by atoms with E-state index in [0.717, 1.165) is 18.0 Å². The van der Waals surface area contributed by atoms with E-state index in [2.05, 4.69) is 29.5 Å². The van der Waals surface area contributed by atoms with Crippen molar-refractivity contribution < 1.29 is 4.74 Å². The summed E-state index contributed by atoms with van der Waals surface area (Å²) < 4.78 is 7.27. The summed E-state index contributed by atoms with van der Waals surface area (Å²) in [7, 11) is 3.71. The molecule has 0 bridgehead atoms. The largest absolute Gasteiger partial charge is 0.497 e. The molecule has 1 aromatic carbocycles. The van der Waals surface area contributed by atoms with Crippen LogP contribution in [0.1, 0.15) is 24.1 Å². The number of nitrogens with one attached hydrogen (secondary N) is 1. The Balaban J connectivity index is 1.82. The molecule has 1 heterocycles. The molecule has 2 aromatic rings. The molecule has 1 N–H and O–H groups in total. The summed E-state index contributed by atoms with van der Waals surface area (Å²) in [5.41, 5.74) is 2.41. The lowest BCUT2D eigenvalue weighted by Crippen LogP contribution is -2.16. The lowest BCUT2D eigenvalue weighted by Gasteiger charge is -2.08. The maximum absolute atomic E-state index is 5.30. The van der Waals surface area contributed by atoms with Gasteiger partial charge in [-0.05, 0) is 38.0 Å². The van der Waals surface area contributed by atoms with Crippen LogP contribution in [0.2, 0.25) is 0 Å². The first-order valence-corrected chi connectivity index (χ1v) is 8.07. The van der Waals surface area contributed by atoms with Gasteiger partial charge in [0.05, 0.1) is 12.8 Å². The van der Waals surface area contributed by atoms with Gasteiger partial charge in [0.15, 0.2) is 0 Å². The molecule has 112 valence electrons. The van der Waals surface area contributed by atoms with Gasteiger partial charge in [0.25, 0.3) is 0 Å². The molecule has 21 heavy (non-hydrogen) atoms. The van der Waals surface area contributed by atoms with Gasteiger partial charge in [-0.25, -0.2) is 0 Å². The predicted octanol–water partition coefficient (Wildman–Crippen LogP) is 3.14. The summed E-state index contributed by atoms with van der Waals surface area (Å²) in [6.45, 7) is 2.98. The number of aromatic nitrogens is 2. The van der Waals surface area contributed by atoms with Crippen LogP contribution in [0.15, 0.2) is 34.2 Å². The van der Waals surface area contributed by atoms with Crippen LogP contribution in [0.4, 0.5) is 0 Å². The Morgan fingerprint density at radius 2 is 2.24 bits per heavy atom. The van der Waals surface area contributed by atoms with Crippen molar-refractivity contribution in [3.8, 4) is 5.75 Å². The summed E-state index contributed by atoms with van der Waals surface area (Å²) in [5, 5.41) is 9.36. The lowest BCUT2D eigenvalue weighted by atomic mass is 10.2. The van der Waals surface area contributed by atoms with E-state index in [1.54, 1.807) is 18.9 Å². The van der Waals surface area contributed by atoms with Crippen LogP contribution in [0.25, 0.3) is 0 Å². The second-order valence-corrected chi connectivity index (χ2v) is 6.49. The number of hydrogen-bond acceptors (Lipinski definition) is 4. The molecule has 1 aliphatic carbocycles. The van der Waals surface area contributed by atoms with Gasteiger partial charge >= 0.3 is 0 Å². The van der Waals surface area contributed by atoms with Crippen LogP contribution >= 0.6 is 11.8 Å². The summed E-state index contributed by atoms with van der Waals surface area (Å²) >= 11 is 1.74. The van der Waals surface area contributed by atoms with Crippen molar-refractivity contribution in [2.45, 2.75) is 42.3 Å². The first-order chi connectivity index (χ1) is 10.2. The van der Waals surface area contributed by atoms with Gasteiger partial charge in [-0.15, -0.1) is 0 Å². The Bertz CT molecular complexity index is 634. The minimum atomic E-state index is 0.708. The summed E-state index contributed by atoms with van der Waals surface area (Å²) in [6.07, 6.45) is 2.61. The number of ether oxygens (including phenoxy) is 1. The van der Waals surface area contributed by atoms with Crippen molar-refractivity contribution in [3.63, 3.8) is 0 Å². The normalized spacial score (nSPS) is 14.4. The predicted molar refractivity (Wildman–Crippen MR) is 84.9 cm³/mol. The molecule has 0 amide bonds. The third-order valence-corrected chi connectivity index (χ3v) is 4.88. The molecular weight excluding hydrogens is 282 g/mol. The first-order valence-electron chi connectivity index (χ1n) is 7.25. The molecule has 3 rings (SSSR count). The van der Waals surface area contributed by atoms with Crippen LogP contribution < -0.4 is 10.1 Å². The average molecular weight is 303 g/mol. The van der Waals surface area contributed by atoms with Crippen LogP contribution in [-0.4, -0.2) is 22.9 Å². The Kier molecular flexibility index (Phi) is 4.22. The van der Waals surface area contributed by atoms with E-state index >= 15 is 0 Å². The quantitative estimate of drug-likeness (QED) is 0.890. The van der Waals surface area contributed by atoms with E-state index in [4.69, 9.17) is 4.74 Å². The van der Waals surface area contributed by atoms with Crippen molar-refractivity contribution in [2.75, 3.05) is 7.11 Å². The molecule has 5 heteroatoms. The minimum Gasteiger partial charge on any atom is -0.497 e. The zero-order valence-corrected chi connectivity index (χ0v) is 13.5. The monoisotopic (exact) mass is 303 g/mol. The molecule has 0 saturated heterocycles. The van der Waals surface area contributed by atoms with Gasteiger partial charge in [0, 0.05) is 30.1 Å². The number of aryl methyl sites for hydroxylation is 2. The molecule has 1 aromatic heterocycles. The average Bonchev–Trinajstić information content (AvgIpc) is 3.26. The highest BCUT2D eigenvalue weighted by Crippen LogP contribution is 2.33. The van der Waals surface area contributed by atoms with Crippen molar-refractivity contribution in [2.24, 2.45) is 7.05 Å². The first kappa shape index (κ1) is 14.5. The van der Waals surface area contributed by atoms with Crippen LogP contribution in [0.3, 0.4) is 0 Å². The van der Waals surface area contributed by atoms with Gasteiger partial charge in [0.2, 0.25) is 0 Å². The molecule has 0 unspecified atom stereocenters. The zero-order chi connectivity index (χ0) is 14.8. The molecule has 0 radical (unpaired) electrons. The maximum Gasteiger partial charge on any atom is 0.119 e. The van der Waals surface area contributed by atoms with Crippen molar-refractivity contribution >= 4 is 11.8 Å². The number of methoxy groups -OCH3 is 1. The fourth-order valence-electron chi connectivity index (χ4n) is 2.32. The highest BCUT2D eigenvalue weighted by Gasteiger charge is 2.22. The Morgan fingerprint density at radius 1 is 1.43 bits per heavy atom. The van der Waals surface area contributed by atoms with E-state index in [9.17, 15) is 0 Å². The van der Waals surface area contributed by atoms with Crippen LogP contribution in [0, 0.1) is 6.92 Å². The molecule has 0 atom stereocenters. The zero-order valence-electron chi connectivity index (χ0n) is 12.7. The number of hydrogen-bond donors (Lipinski definition) is 1. The number of benzene rings is 1. The van der Waals surface area contributed by atoms with E-state index in [0.29, 0.717) is 6.04 Å². The molecule has 0 spiro atoms. The molecule has 1 aliphatic rings. The molecule has 1 saturated carbocycles. The highest BCUT2D eigenvalue weighted by atomic mass is 32.2. The van der Waals surface area contributed by atoms with Gasteiger partial charge in [-0.2, -0.15) is 5.10 Å². The van der Waals surface area contributed by atoms with E-state index in [1.807, 2.05) is 23.9 Å². The minimum absolute atomic E-state index is 0.708. The Morgan fingerprint density at radius 3 is 2.95 bits per heavy atom. The van der Waals surface area contributed by atoms with Gasteiger partial charge in [0.1, 0.15) is 10.8 Å². The van der Waals surface area contributed by atoms with Gasteiger partial charge in [-0.3, -0.25) is 4.68 Å². The highest BCUT2D eigenvalue weighted by molar-refractivity contribution is 7.99. The van der Waals surface area contributed by atoms with Gasteiger partial charge in [-0.1, -0.05) is 17.8 Å². The fourth-order valence-corrected chi connectivity index (χ4v) is 3.38. The standard InChI is InChI=1S/C16H21N3OS/c1-11-15(10-17-12-7-8-12)16(19(2)18-11)21-14-6-4-5-13(9-14)20-3/h4-6,9,12,17H,7-8,10H2,1-3H3. The fraction of sp³-hybridized carbons (Fsp3) is 0.438. The maximum atomic E-state index is 5.30. The second kappa shape index (κ2) is 6.12. The van der Waals surface area contributed by atoms with Crippen molar-refractivity contribution in [1.82, 2.24) is 15.1 Å². The molecule has 0 aliphatic heterocycles. The lowest BCUT2D eigenvalue weighted by molar-refractivity contribution is 0.413. The third-order valence-electron chi connectivity index (χ3n) is 3.69. The Hall–Kier alpha value is -1.46.